The van der Waals surface area contributed by atoms with Crippen molar-refractivity contribution in [2.24, 2.45) is 5.73 Å². The molecule has 0 spiro atoms. The van der Waals surface area contributed by atoms with Gasteiger partial charge in [-0.25, -0.2) is 0 Å². The summed E-state index contributed by atoms with van der Waals surface area (Å²) in [5, 5.41) is 0. The van der Waals surface area contributed by atoms with Gasteiger partial charge in [-0.3, -0.25) is 0 Å². The van der Waals surface area contributed by atoms with Crippen LogP contribution in [0.15, 0.2) is 53.4 Å². The van der Waals surface area contributed by atoms with E-state index < -0.39 is 0 Å². The molecular formula is C17H21NOS. The van der Waals surface area contributed by atoms with E-state index in [1.165, 1.54) is 16.0 Å². The van der Waals surface area contributed by atoms with Crippen molar-refractivity contribution < 1.29 is 4.74 Å². The third-order valence-corrected chi connectivity index (χ3v) is 4.24. The van der Waals surface area contributed by atoms with Crippen LogP contribution in [0.4, 0.5) is 0 Å². The van der Waals surface area contributed by atoms with E-state index in [0.717, 1.165) is 17.9 Å². The van der Waals surface area contributed by atoms with Gasteiger partial charge in [0, 0.05) is 16.7 Å². The van der Waals surface area contributed by atoms with E-state index in [-0.39, 0.29) is 6.04 Å². The standard InChI is InChI=1S/C17H21NOS/c1-13(18)15-5-9-17(10-6-15)20-12-11-14-3-7-16(19-2)8-4-14/h3-10,13H,11-12,18H2,1-2H3. The van der Waals surface area contributed by atoms with Crippen molar-refractivity contribution >= 4 is 11.8 Å². The topological polar surface area (TPSA) is 35.2 Å². The van der Waals surface area contributed by atoms with Gasteiger partial charge in [0.15, 0.2) is 0 Å². The minimum atomic E-state index is 0.105. The Labute approximate surface area is 125 Å². The molecule has 20 heavy (non-hydrogen) atoms. The van der Waals surface area contributed by atoms with Gasteiger partial charge >= 0.3 is 0 Å². The summed E-state index contributed by atoms with van der Waals surface area (Å²) in [6, 6.07) is 16.9. The third kappa shape index (κ3) is 4.29. The molecule has 1 unspecified atom stereocenters. The Morgan fingerprint density at radius 2 is 1.70 bits per heavy atom. The predicted molar refractivity (Wildman–Crippen MR) is 86.5 cm³/mol. The fourth-order valence-corrected chi connectivity index (χ4v) is 2.85. The van der Waals surface area contributed by atoms with Crippen LogP contribution >= 0.6 is 11.8 Å². The van der Waals surface area contributed by atoms with Crippen molar-refractivity contribution in [1.82, 2.24) is 0 Å². The number of hydrogen-bond acceptors (Lipinski definition) is 3. The lowest BCUT2D eigenvalue weighted by molar-refractivity contribution is 0.414. The Balaban J connectivity index is 1.82. The number of nitrogens with two attached hydrogens (primary N) is 1. The molecule has 0 aliphatic carbocycles. The van der Waals surface area contributed by atoms with Gasteiger partial charge in [0.2, 0.25) is 0 Å². The summed E-state index contributed by atoms with van der Waals surface area (Å²) >= 11 is 1.87. The van der Waals surface area contributed by atoms with Gasteiger partial charge in [0.05, 0.1) is 7.11 Å². The number of ether oxygens (including phenoxy) is 1. The second kappa shape index (κ2) is 7.36. The summed E-state index contributed by atoms with van der Waals surface area (Å²) in [6.45, 7) is 2.01. The molecule has 106 valence electrons. The van der Waals surface area contributed by atoms with Crippen LogP contribution in [0.25, 0.3) is 0 Å². The molecule has 0 saturated carbocycles. The van der Waals surface area contributed by atoms with E-state index in [0.29, 0.717) is 0 Å². The first-order valence-electron chi connectivity index (χ1n) is 6.80. The molecule has 0 amide bonds. The monoisotopic (exact) mass is 287 g/mol. The Hall–Kier alpha value is -1.45. The zero-order valence-electron chi connectivity index (χ0n) is 12.0. The second-order valence-electron chi connectivity index (χ2n) is 4.80. The van der Waals surface area contributed by atoms with Crippen molar-refractivity contribution in [3.63, 3.8) is 0 Å². The smallest absolute Gasteiger partial charge is 0.118 e. The predicted octanol–water partition coefficient (Wildman–Crippen LogP) is 4.05. The molecule has 2 aromatic rings. The Morgan fingerprint density at radius 1 is 1.05 bits per heavy atom. The number of benzene rings is 2. The van der Waals surface area contributed by atoms with Gasteiger partial charge in [0.25, 0.3) is 0 Å². The largest absolute Gasteiger partial charge is 0.497 e. The fraction of sp³-hybridized carbons (Fsp3) is 0.294. The Morgan fingerprint density at radius 3 is 2.25 bits per heavy atom. The average Bonchev–Trinajstić information content (AvgIpc) is 2.48. The number of hydrogen-bond donors (Lipinski definition) is 1. The van der Waals surface area contributed by atoms with Gasteiger partial charge in [0.1, 0.15) is 5.75 Å². The average molecular weight is 287 g/mol. The molecule has 0 radical (unpaired) electrons. The van der Waals surface area contributed by atoms with Crippen molar-refractivity contribution in [2.75, 3.05) is 12.9 Å². The Bertz CT molecular complexity index is 520. The molecule has 0 bridgehead atoms. The normalized spacial score (nSPS) is 12.2. The molecule has 2 aromatic carbocycles. The van der Waals surface area contributed by atoms with Gasteiger partial charge in [-0.15, -0.1) is 11.8 Å². The maximum Gasteiger partial charge on any atom is 0.118 e. The maximum absolute atomic E-state index is 5.85. The van der Waals surface area contributed by atoms with Crippen molar-refractivity contribution in [2.45, 2.75) is 24.3 Å². The van der Waals surface area contributed by atoms with Gasteiger partial charge in [-0.05, 0) is 48.7 Å². The molecular weight excluding hydrogens is 266 g/mol. The summed E-state index contributed by atoms with van der Waals surface area (Å²) in [5.74, 6) is 1.98. The summed E-state index contributed by atoms with van der Waals surface area (Å²) in [6.07, 6.45) is 1.06. The lowest BCUT2D eigenvalue weighted by Crippen LogP contribution is -2.04. The van der Waals surface area contributed by atoms with Crippen molar-refractivity contribution in [1.29, 1.82) is 0 Å². The van der Waals surface area contributed by atoms with E-state index in [1.807, 2.05) is 30.8 Å². The van der Waals surface area contributed by atoms with Crippen LogP contribution in [0.3, 0.4) is 0 Å². The fourth-order valence-electron chi connectivity index (χ4n) is 1.95. The molecule has 2 rings (SSSR count). The molecule has 2 N–H and O–H groups in total. The highest BCUT2D eigenvalue weighted by molar-refractivity contribution is 7.99. The zero-order chi connectivity index (χ0) is 14.4. The molecule has 1 atom stereocenters. The molecule has 3 heteroatoms. The molecule has 0 aromatic heterocycles. The summed E-state index contributed by atoms with van der Waals surface area (Å²) in [5.41, 5.74) is 8.37. The first kappa shape index (κ1) is 14.9. The third-order valence-electron chi connectivity index (χ3n) is 3.22. The minimum Gasteiger partial charge on any atom is -0.497 e. The van der Waals surface area contributed by atoms with Crippen LogP contribution in [-0.4, -0.2) is 12.9 Å². The zero-order valence-corrected chi connectivity index (χ0v) is 12.8. The lowest BCUT2D eigenvalue weighted by Gasteiger charge is -2.07. The highest BCUT2D eigenvalue weighted by Gasteiger charge is 2.00. The van der Waals surface area contributed by atoms with E-state index in [9.17, 15) is 0 Å². The minimum absolute atomic E-state index is 0.105. The van der Waals surface area contributed by atoms with Crippen LogP contribution < -0.4 is 10.5 Å². The second-order valence-corrected chi connectivity index (χ2v) is 5.97. The highest BCUT2D eigenvalue weighted by atomic mass is 32.2. The van der Waals surface area contributed by atoms with E-state index in [2.05, 4.69) is 36.4 Å². The quantitative estimate of drug-likeness (QED) is 0.814. The molecule has 0 saturated heterocycles. The maximum atomic E-state index is 5.85. The van der Waals surface area contributed by atoms with Crippen molar-refractivity contribution in [3.05, 3.63) is 59.7 Å². The Kier molecular flexibility index (Phi) is 5.50. The van der Waals surface area contributed by atoms with Crippen LogP contribution in [0.5, 0.6) is 5.75 Å². The summed E-state index contributed by atoms with van der Waals surface area (Å²) < 4.78 is 5.16. The highest BCUT2D eigenvalue weighted by Crippen LogP contribution is 2.22. The van der Waals surface area contributed by atoms with E-state index >= 15 is 0 Å². The SMILES string of the molecule is COc1ccc(CCSc2ccc(C(C)N)cc2)cc1. The molecule has 0 aliphatic heterocycles. The van der Waals surface area contributed by atoms with Gasteiger partial charge in [-0.2, -0.15) is 0 Å². The first-order chi connectivity index (χ1) is 9.69. The first-order valence-corrected chi connectivity index (χ1v) is 7.79. The van der Waals surface area contributed by atoms with Crippen LogP contribution in [-0.2, 0) is 6.42 Å². The van der Waals surface area contributed by atoms with Crippen molar-refractivity contribution in [3.8, 4) is 5.75 Å². The number of methoxy groups -OCH3 is 1. The van der Waals surface area contributed by atoms with Crippen LogP contribution in [0.1, 0.15) is 24.1 Å². The van der Waals surface area contributed by atoms with Crippen LogP contribution in [0, 0.1) is 0 Å². The summed E-state index contributed by atoms with van der Waals surface area (Å²) in [7, 11) is 1.69. The summed E-state index contributed by atoms with van der Waals surface area (Å²) in [4.78, 5) is 1.29. The molecule has 0 fully saturated rings. The molecule has 0 aliphatic rings. The number of aryl methyl sites for hydroxylation is 1. The number of thioether (sulfide) groups is 1. The molecule has 0 heterocycles. The van der Waals surface area contributed by atoms with Gasteiger partial charge < -0.3 is 10.5 Å². The van der Waals surface area contributed by atoms with Crippen LogP contribution in [0.2, 0.25) is 0 Å². The van der Waals surface area contributed by atoms with E-state index in [1.54, 1.807) is 7.11 Å². The van der Waals surface area contributed by atoms with Gasteiger partial charge in [-0.1, -0.05) is 24.3 Å². The lowest BCUT2D eigenvalue weighted by atomic mass is 10.1. The molecule has 2 nitrogen and oxygen atoms in total. The van der Waals surface area contributed by atoms with E-state index in [4.69, 9.17) is 10.5 Å². The number of rotatable bonds is 6.